The lowest BCUT2D eigenvalue weighted by molar-refractivity contribution is 0.150. The Morgan fingerprint density at radius 2 is 2.20 bits per heavy atom. The van der Waals surface area contributed by atoms with Gasteiger partial charge < -0.3 is 5.32 Å². The molecule has 15 heavy (non-hydrogen) atoms. The van der Waals surface area contributed by atoms with Crippen LogP contribution in [-0.2, 0) is 0 Å². The number of hydrogen-bond donors (Lipinski definition) is 1. The molecule has 1 aliphatic heterocycles. The number of benzene rings is 1. The lowest BCUT2D eigenvalue weighted by atomic mass is 9.93. The maximum absolute atomic E-state index is 12.8. The molecule has 1 atom stereocenters. The SMILES string of the molecule is FC(F)c1c(Cl)cccc1C1CCNC1. The molecule has 0 spiro atoms. The molecule has 1 aliphatic rings. The van der Waals surface area contributed by atoms with Crippen molar-refractivity contribution in [2.24, 2.45) is 0 Å². The van der Waals surface area contributed by atoms with Crippen molar-refractivity contribution >= 4 is 11.6 Å². The summed E-state index contributed by atoms with van der Waals surface area (Å²) in [6.07, 6.45) is -1.59. The molecule has 1 N–H and O–H groups in total. The average Bonchev–Trinajstić information content (AvgIpc) is 2.69. The third-order valence-corrected chi connectivity index (χ3v) is 3.13. The highest BCUT2D eigenvalue weighted by atomic mass is 35.5. The molecule has 1 aromatic carbocycles. The predicted molar refractivity (Wildman–Crippen MR) is 56.6 cm³/mol. The minimum atomic E-state index is -2.49. The van der Waals surface area contributed by atoms with Crippen molar-refractivity contribution < 1.29 is 8.78 Å². The van der Waals surface area contributed by atoms with Gasteiger partial charge in [0.2, 0.25) is 0 Å². The fraction of sp³-hybridized carbons (Fsp3) is 0.455. The number of rotatable bonds is 2. The molecule has 1 nitrogen and oxygen atoms in total. The average molecular weight is 232 g/mol. The molecule has 0 aromatic heterocycles. The molecule has 82 valence electrons. The third kappa shape index (κ3) is 2.13. The van der Waals surface area contributed by atoms with Crippen LogP contribution in [0.4, 0.5) is 8.78 Å². The van der Waals surface area contributed by atoms with E-state index in [0.717, 1.165) is 19.5 Å². The van der Waals surface area contributed by atoms with Gasteiger partial charge in [0.05, 0.1) is 0 Å². The Labute approximate surface area is 92.4 Å². The number of nitrogens with one attached hydrogen (secondary N) is 1. The maximum Gasteiger partial charge on any atom is 0.265 e. The highest BCUT2D eigenvalue weighted by molar-refractivity contribution is 6.31. The summed E-state index contributed by atoms with van der Waals surface area (Å²) in [6.45, 7) is 1.65. The molecular formula is C11H12ClF2N. The van der Waals surface area contributed by atoms with Crippen LogP contribution in [0.3, 0.4) is 0 Å². The summed E-state index contributed by atoms with van der Waals surface area (Å²) in [7, 11) is 0. The lowest BCUT2D eigenvalue weighted by Gasteiger charge is -2.15. The van der Waals surface area contributed by atoms with Crippen molar-refractivity contribution in [3.05, 3.63) is 34.3 Å². The third-order valence-electron chi connectivity index (χ3n) is 2.80. The van der Waals surface area contributed by atoms with E-state index in [1.165, 1.54) is 6.07 Å². The van der Waals surface area contributed by atoms with Crippen LogP contribution in [0.5, 0.6) is 0 Å². The molecule has 2 rings (SSSR count). The molecule has 1 saturated heterocycles. The van der Waals surface area contributed by atoms with Gasteiger partial charge in [0.25, 0.3) is 6.43 Å². The Balaban J connectivity index is 2.40. The van der Waals surface area contributed by atoms with Crippen molar-refractivity contribution in [1.82, 2.24) is 5.32 Å². The zero-order valence-electron chi connectivity index (χ0n) is 8.14. The van der Waals surface area contributed by atoms with Crippen LogP contribution in [0.25, 0.3) is 0 Å². The Morgan fingerprint density at radius 3 is 2.80 bits per heavy atom. The Bertz CT molecular complexity index is 348. The van der Waals surface area contributed by atoms with E-state index in [9.17, 15) is 8.78 Å². The first kappa shape index (κ1) is 10.8. The Kier molecular flexibility index (Phi) is 3.22. The maximum atomic E-state index is 12.8. The van der Waals surface area contributed by atoms with Gasteiger partial charge in [0, 0.05) is 17.1 Å². The van der Waals surface area contributed by atoms with Gasteiger partial charge in [0.1, 0.15) is 0 Å². The Hall–Kier alpha value is -0.670. The van der Waals surface area contributed by atoms with E-state index in [0.29, 0.717) is 5.56 Å². The second kappa shape index (κ2) is 4.45. The van der Waals surface area contributed by atoms with E-state index in [1.54, 1.807) is 12.1 Å². The van der Waals surface area contributed by atoms with Gasteiger partial charge in [0.15, 0.2) is 0 Å². The van der Waals surface area contributed by atoms with Gasteiger partial charge in [-0.05, 0) is 30.5 Å². The minimum absolute atomic E-state index is 0.00728. The first-order chi connectivity index (χ1) is 7.20. The van der Waals surface area contributed by atoms with Crippen LogP contribution in [0, 0.1) is 0 Å². The van der Waals surface area contributed by atoms with Gasteiger partial charge in [-0.15, -0.1) is 0 Å². The zero-order valence-corrected chi connectivity index (χ0v) is 8.90. The summed E-state index contributed by atoms with van der Waals surface area (Å²) in [4.78, 5) is 0. The number of alkyl halides is 2. The summed E-state index contributed by atoms with van der Waals surface area (Å²) in [5.41, 5.74) is 0.704. The van der Waals surface area contributed by atoms with Crippen LogP contribution < -0.4 is 5.32 Å². The first-order valence-corrected chi connectivity index (χ1v) is 5.35. The van der Waals surface area contributed by atoms with Crippen LogP contribution in [-0.4, -0.2) is 13.1 Å². The molecule has 1 heterocycles. The largest absolute Gasteiger partial charge is 0.316 e. The highest BCUT2D eigenvalue weighted by Gasteiger charge is 2.24. The van der Waals surface area contributed by atoms with Crippen molar-refractivity contribution in [3.63, 3.8) is 0 Å². The molecule has 0 saturated carbocycles. The predicted octanol–water partition coefficient (Wildman–Crippen LogP) is 3.35. The number of halogens is 3. The smallest absolute Gasteiger partial charge is 0.265 e. The van der Waals surface area contributed by atoms with Gasteiger partial charge in [-0.1, -0.05) is 23.7 Å². The quantitative estimate of drug-likeness (QED) is 0.823. The van der Waals surface area contributed by atoms with E-state index in [-0.39, 0.29) is 16.5 Å². The van der Waals surface area contributed by atoms with E-state index >= 15 is 0 Å². The van der Waals surface area contributed by atoms with Crippen molar-refractivity contribution in [2.75, 3.05) is 13.1 Å². The van der Waals surface area contributed by atoms with Crippen LogP contribution >= 0.6 is 11.6 Å². The molecule has 4 heteroatoms. The molecule has 0 amide bonds. The molecular weight excluding hydrogens is 220 g/mol. The van der Waals surface area contributed by atoms with Gasteiger partial charge in [-0.3, -0.25) is 0 Å². The monoisotopic (exact) mass is 231 g/mol. The van der Waals surface area contributed by atoms with E-state index < -0.39 is 6.43 Å². The lowest BCUT2D eigenvalue weighted by Crippen LogP contribution is -2.09. The van der Waals surface area contributed by atoms with Crippen molar-refractivity contribution in [1.29, 1.82) is 0 Å². The summed E-state index contributed by atoms with van der Waals surface area (Å²) in [5, 5.41) is 3.34. The molecule has 0 aliphatic carbocycles. The van der Waals surface area contributed by atoms with Crippen molar-refractivity contribution in [3.8, 4) is 0 Å². The van der Waals surface area contributed by atoms with Gasteiger partial charge in [-0.25, -0.2) is 8.78 Å². The first-order valence-electron chi connectivity index (χ1n) is 4.97. The summed E-state index contributed by atoms with van der Waals surface area (Å²) in [5.74, 6) is 0.174. The Morgan fingerprint density at radius 1 is 1.40 bits per heavy atom. The molecule has 0 radical (unpaired) electrons. The minimum Gasteiger partial charge on any atom is -0.316 e. The van der Waals surface area contributed by atoms with Crippen LogP contribution in [0.15, 0.2) is 18.2 Å². The summed E-state index contributed by atoms with van der Waals surface area (Å²) < 4.78 is 25.7. The highest BCUT2D eigenvalue weighted by Crippen LogP contribution is 2.36. The normalized spacial score (nSPS) is 21.2. The van der Waals surface area contributed by atoms with Gasteiger partial charge in [-0.2, -0.15) is 0 Å². The topological polar surface area (TPSA) is 12.0 Å². The summed E-state index contributed by atoms with van der Waals surface area (Å²) in [6, 6.07) is 5.02. The molecule has 0 bridgehead atoms. The van der Waals surface area contributed by atoms with E-state index in [2.05, 4.69) is 5.32 Å². The van der Waals surface area contributed by atoms with E-state index in [1.807, 2.05) is 0 Å². The van der Waals surface area contributed by atoms with Crippen LogP contribution in [0.1, 0.15) is 29.9 Å². The fourth-order valence-electron chi connectivity index (χ4n) is 2.06. The second-order valence-electron chi connectivity index (χ2n) is 3.73. The van der Waals surface area contributed by atoms with Crippen LogP contribution in [0.2, 0.25) is 5.02 Å². The van der Waals surface area contributed by atoms with E-state index in [4.69, 9.17) is 11.6 Å². The molecule has 1 unspecified atom stereocenters. The fourth-order valence-corrected chi connectivity index (χ4v) is 2.32. The second-order valence-corrected chi connectivity index (χ2v) is 4.14. The zero-order chi connectivity index (χ0) is 10.8. The number of hydrogen-bond acceptors (Lipinski definition) is 1. The van der Waals surface area contributed by atoms with Gasteiger partial charge >= 0.3 is 0 Å². The van der Waals surface area contributed by atoms with Crippen molar-refractivity contribution in [2.45, 2.75) is 18.8 Å². The molecule has 1 aromatic rings. The summed E-state index contributed by atoms with van der Waals surface area (Å²) >= 11 is 5.80. The molecule has 1 fully saturated rings. The standard InChI is InChI=1S/C11H12ClF2N/c12-9-3-1-2-8(10(9)11(13)14)7-4-5-15-6-7/h1-3,7,11,15H,4-6H2.